The smallest absolute Gasteiger partial charge is 0.161 e. The van der Waals surface area contributed by atoms with Gasteiger partial charge in [-0.1, -0.05) is 25.8 Å². The van der Waals surface area contributed by atoms with Crippen molar-refractivity contribution in [1.29, 1.82) is 0 Å². The molecule has 1 aromatic rings. The molecule has 0 bridgehead atoms. The van der Waals surface area contributed by atoms with E-state index >= 15 is 0 Å². The summed E-state index contributed by atoms with van der Waals surface area (Å²) in [5, 5.41) is 10.4. The third-order valence-electron chi connectivity index (χ3n) is 4.20. The molecule has 2 aliphatic rings. The molecule has 1 heterocycles. The van der Waals surface area contributed by atoms with E-state index in [1.165, 1.54) is 12.8 Å². The number of aliphatic hydroxyl groups excluding tert-OH is 1. The highest BCUT2D eigenvalue weighted by molar-refractivity contribution is 5.44. The Kier molecular flexibility index (Phi) is 3.65. The van der Waals surface area contributed by atoms with E-state index in [4.69, 9.17) is 9.47 Å². The molecule has 1 aliphatic heterocycles. The Hall–Kier alpha value is -1.22. The summed E-state index contributed by atoms with van der Waals surface area (Å²) >= 11 is 0. The van der Waals surface area contributed by atoms with Gasteiger partial charge in [-0.15, -0.1) is 0 Å². The Bertz CT molecular complexity index is 438. The number of hydrogen-bond acceptors (Lipinski definition) is 3. The van der Waals surface area contributed by atoms with Crippen LogP contribution >= 0.6 is 0 Å². The van der Waals surface area contributed by atoms with Crippen molar-refractivity contribution in [1.82, 2.24) is 0 Å². The van der Waals surface area contributed by atoms with Gasteiger partial charge in [0.25, 0.3) is 0 Å². The molecule has 0 aromatic heterocycles. The average Bonchev–Trinajstić information content (AvgIpc) is 2.90. The summed E-state index contributed by atoms with van der Waals surface area (Å²) in [4.78, 5) is 0. The zero-order valence-corrected chi connectivity index (χ0v) is 11.5. The third-order valence-corrected chi connectivity index (χ3v) is 4.20. The summed E-state index contributed by atoms with van der Waals surface area (Å²) < 4.78 is 11.5. The second-order valence-electron chi connectivity index (χ2n) is 5.92. The van der Waals surface area contributed by atoms with Crippen molar-refractivity contribution in [3.63, 3.8) is 0 Å². The first-order valence-electron chi connectivity index (χ1n) is 7.31. The van der Waals surface area contributed by atoms with Crippen LogP contribution in [0.25, 0.3) is 0 Å². The minimum absolute atomic E-state index is 0.364. The van der Waals surface area contributed by atoms with E-state index in [-0.39, 0.29) is 6.10 Å². The van der Waals surface area contributed by atoms with Crippen LogP contribution in [0.1, 0.15) is 44.3 Å². The Balaban J connectivity index is 1.80. The molecule has 3 nitrogen and oxygen atoms in total. The molecule has 0 saturated heterocycles. The topological polar surface area (TPSA) is 38.7 Å². The predicted molar refractivity (Wildman–Crippen MR) is 73.5 cm³/mol. The molecular formula is C16H22O3. The van der Waals surface area contributed by atoms with Gasteiger partial charge in [-0.3, -0.25) is 0 Å². The second-order valence-corrected chi connectivity index (χ2v) is 5.92. The van der Waals surface area contributed by atoms with Crippen LogP contribution < -0.4 is 9.47 Å². The van der Waals surface area contributed by atoms with Gasteiger partial charge in [0.15, 0.2) is 11.5 Å². The molecule has 2 atom stereocenters. The lowest BCUT2D eigenvalue weighted by molar-refractivity contribution is 0.111. The molecule has 1 fully saturated rings. The fraction of sp³-hybridized carbons (Fsp3) is 0.625. The summed E-state index contributed by atoms with van der Waals surface area (Å²) in [7, 11) is 0. The summed E-state index contributed by atoms with van der Waals surface area (Å²) in [6.07, 6.45) is 4.38. The first-order valence-corrected chi connectivity index (χ1v) is 7.31. The minimum atomic E-state index is -0.364. The van der Waals surface area contributed by atoms with Crippen molar-refractivity contribution in [2.75, 3.05) is 13.2 Å². The maximum Gasteiger partial charge on any atom is 0.161 e. The maximum atomic E-state index is 10.4. The zero-order chi connectivity index (χ0) is 13.2. The van der Waals surface area contributed by atoms with Crippen molar-refractivity contribution < 1.29 is 14.6 Å². The largest absolute Gasteiger partial charge is 0.489 e. The first kappa shape index (κ1) is 12.8. The van der Waals surface area contributed by atoms with Crippen molar-refractivity contribution in [2.45, 2.75) is 38.7 Å². The fourth-order valence-electron chi connectivity index (χ4n) is 3.00. The van der Waals surface area contributed by atoms with Gasteiger partial charge in [-0.25, -0.2) is 0 Å². The van der Waals surface area contributed by atoms with Gasteiger partial charge >= 0.3 is 0 Å². The molecule has 3 heteroatoms. The minimum Gasteiger partial charge on any atom is -0.489 e. The summed E-state index contributed by atoms with van der Waals surface area (Å²) in [6, 6.07) is 5.86. The van der Waals surface area contributed by atoms with Crippen LogP contribution in [0, 0.1) is 11.8 Å². The highest BCUT2D eigenvalue weighted by atomic mass is 16.5. The molecule has 1 aliphatic carbocycles. The monoisotopic (exact) mass is 262 g/mol. The molecule has 1 aromatic carbocycles. The lowest BCUT2D eigenvalue weighted by Gasteiger charge is -2.19. The van der Waals surface area contributed by atoms with Crippen LogP contribution in [-0.4, -0.2) is 18.3 Å². The predicted octanol–water partition coefficient (Wildman–Crippen LogP) is 3.32. The van der Waals surface area contributed by atoms with Gasteiger partial charge in [-0.2, -0.15) is 0 Å². The van der Waals surface area contributed by atoms with Gasteiger partial charge in [-0.05, 0) is 36.5 Å². The van der Waals surface area contributed by atoms with E-state index in [2.05, 4.69) is 6.92 Å². The van der Waals surface area contributed by atoms with Crippen LogP contribution in [0.4, 0.5) is 0 Å². The first-order chi connectivity index (χ1) is 9.24. The number of rotatable bonds is 2. The average molecular weight is 262 g/mol. The SMILES string of the molecule is CC1COc2ccc(C(O)C3CCCC3)cc2OC1. The van der Waals surface area contributed by atoms with E-state index < -0.39 is 0 Å². The quantitative estimate of drug-likeness (QED) is 0.888. The van der Waals surface area contributed by atoms with E-state index in [1.807, 2.05) is 18.2 Å². The summed E-state index contributed by atoms with van der Waals surface area (Å²) in [5.74, 6) is 2.38. The molecule has 0 radical (unpaired) electrons. The molecule has 1 N–H and O–H groups in total. The standard InChI is InChI=1S/C16H22O3/c1-11-9-18-14-7-6-13(8-15(14)19-10-11)16(17)12-4-2-3-5-12/h6-8,11-12,16-17H,2-5,9-10H2,1H3. The van der Waals surface area contributed by atoms with Gasteiger partial charge in [0.1, 0.15) is 0 Å². The molecule has 3 rings (SSSR count). The number of hydrogen-bond donors (Lipinski definition) is 1. The normalized spacial score (nSPS) is 25.1. The number of fused-ring (bicyclic) bond motifs is 1. The number of aliphatic hydroxyl groups is 1. The Morgan fingerprint density at radius 1 is 1.11 bits per heavy atom. The highest BCUT2D eigenvalue weighted by Gasteiger charge is 2.25. The summed E-state index contributed by atoms with van der Waals surface area (Å²) in [5.41, 5.74) is 0.962. The number of benzene rings is 1. The van der Waals surface area contributed by atoms with Crippen molar-refractivity contribution in [2.24, 2.45) is 11.8 Å². The van der Waals surface area contributed by atoms with E-state index in [0.717, 1.165) is 29.9 Å². The van der Waals surface area contributed by atoms with Gasteiger partial charge in [0, 0.05) is 5.92 Å². The zero-order valence-electron chi connectivity index (χ0n) is 11.5. The van der Waals surface area contributed by atoms with Crippen molar-refractivity contribution >= 4 is 0 Å². The van der Waals surface area contributed by atoms with Crippen LogP contribution in [-0.2, 0) is 0 Å². The van der Waals surface area contributed by atoms with Crippen molar-refractivity contribution in [3.05, 3.63) is 23.8 Å². The van der Waals surface area contributed by atoms with Gasteiger partial charge in [0.2, 0.25) is 0 Å². The van der Waals surface area contributed by atoms with E-state index in [1.54, 1.807) is 0 Å². The van der Waals surface area contributed by atoms with Crippen LogP contribution in [0.3, 0.4) is 0 Å². The molecule has 1 saturated carbocycles. The molecule has 19 heavy (non-hydrogen) atoms. The van der Waals surface area contributed by atoms with Crippen LogP contribution in [0.15, 0.2) is 18.2 Å². The highest BCUT2D eigenvalue weighted by Crippen LogP contribution is 2.39. The van der Waals surface area contributed by atoms with Crippen LogP contribution in [0.5, 0.6) is 11.5 Å². The van der Waals surface area contributed by atoms with Crippen molar-refractivity contribution in [3.8, 4) is 11.5 Å². The molecule has 2 unspecified atom stereocenters. The van der Waals surface area contributed by atoms with Gasteiger partial charge < -0.3 is 14.6 Å². The lowest BCUT2D eigenvalue weighted by Crippen LogP contribution is -2.12. The lowest BCUT2D eigenvalue weighted by atomic mass is 9.94. The molecule has 0 spiro atoms. The Morgan fingerprint density at radius 3 is 2.53 bits per heavy atom. The van der Waals surface area contributed by atoms with E-state index in [0.29, 0.717) is 25.0 Å². The van der Waals surface area contributed by atoms with Gasteiger partial charge in [0.05, 0.1) is 19.3 Å². The molecule has 104 valence electrons. The maximum absolute atomic E-state index is 10.4. The third kappa shape index (κ3) is 2.71. The van der Waals surface area contributed by atoms with Crippen LogP contribution in [0.2, 0.25) is 0 Å². The molecule has 0 amide bonds. The van der Waals surface area contributed by atoms with E-state index in [9.17, 15) is 5.11 Å². The summed E-state index contributed by atoms with van der Waals surface area (Å²) in [6.45, 7) is 3.48. The fourth-order valence-corrected chi connectivity index (χ4v) is 3.00. The number of ether oxygens (including phenoxy) is 2. The molecular weight excluding hydrogens is 240 g/mol. The second kappa shape index (κ2) is 5.41. The Morgan fingerprint density at radius 2 is 1.79 bits per heavy atom. The Labute approximate surface area is 114 Å².